The lowest BCUT2D eigenvalue weighted by Crippen LogP contribution is -2.47. The van der Waals surface area contributed by atoms with Gasteiger partial charge in [-0.1, -0.05) is 6.42 Å². The Kier molecular flexibility index (Phi) is 3.94. The summed E-state index contributed by atoms with van der Waals surface area (Å²) in [6.45, 7) is 7.90. The smallest absolute Gasteiger partial charge is 0.408 e. The molecule has 0 aromatic rings. The Morgan fingerprint density at radius 2 is 1.79 bits per heavy atom. The molecular weight excluding hydrogens is 196 g/mol. The normalized spacial score (nSPS) is 19.1. The maximum Gasteiger partial charge on any atom is 0.408 e. The van der Waals surface area contributed by atoms with Gasteiger partial charge in [-0.2, -0.15) is 0 Å². The molecule has 4 nitrogen and oxygen atoms in total. The number of piperidine rings is 1. The summed E-state index contributed by atoms with van der Waals surface area (Å²) in [5, 5.41) is 1.95. The lowest BCUT2D eigenvalue weighted by Gasteiger charge is -2.28. The maximum atomic E-state index is 11.4. The summed E-state index contributed by atoms with van der Waals surface area (Å²) >= 11 is 0. The Bertz CT molecular complexity index is 197. The summed E-state index contributed by atoms with van der Waals surface area (Å²) in [6, 6.07) is 0. The number of amides is 1. The molecule has 1 aliphatic heterocycles. The fraction of sp³-hybridized carbons (Fsp3) is 0.889. The van der Waals surface area contributed by atoms with Crippen molar-refractivity contribution in [3.05, 3.63) is 0 Å². The summed E-state index contributed by atoms with van der Waals surface area (Å²) < 4.78 is 5.29. The van der Waals surface area contributed by atoms with E-state index < -0.39 is 8.32 Å². The fourth-order valence-electron chi connectivity index (χ4n) is 1.44. The minimum Gasteiger partial charge on any atom is -0.503 e. The van der Waals surface area contributed by atoms with Crippen molar-refractivity contribution in [3.63, 3.8) is 0 Å². The lowest BCUT2D eigenvalue weighted by molar-refractivity contribution is 0.128. The van der Waals surface area contributed by atoms with Gasteiger partial charge in [-0.3, -0.25) is 5.43 Å². The summed E-state index contributed by atoms with van der Waals surface area (Å²) in [5.74, 6) is 0. The second kappa shape index (κ2) is 4.79. The van der Waals surface area contributed by atoms with Crippen LogP contribution in [0.4, 0.5) is 4.79 Å². The zero-order valence-corrected chi connectivity index (χ0v) is 10.3. The van der Waals surface area contributed by atoms with Crippen LogP contribution in [0.3, 0.4) is 0 Å². The number of carbonyl (C=O) groups is 1. The van der Waals surface area contributed by atoms with Crippen molar-refractivity contribution >= 4 is 14.4 Å². The van der Waals surface area contributed by atoms with E-state index in [-0.39, 0.29) is 6.09 Å². The van der Waals surface area contributed by atoms with Crippen molar-refractivity contribution in [2.45, 2.75) is 38.9 Å². The molecule has 0 radical (unpaired) electrons. The minimum absolute atomic E-state index is 0.286. The van der Waals surface area contributed by atoms with E-state index in [2.05, 4.69) is 5.43 Å². The highest BCUT2D eigenvalue weighted by molar-refractivity contribution is 6.71. The van der Waals surface area contributed by atoms with Crippen LogP contribution in [0.25, 0.3) is 0 Å². The van der Waals surface area contributed by atoms with E-state index in [1.807, 2.05) is 24.6 Å². The molecule has 0 aliphatic carbocycles. The maximum absolute atomic E-state index is 11.4. The highest BCUT2D eigenvalue weighted by atomic mass is 28.4. The summed E-state index contributed by atoms with van der Waals surface area (Å²) in [4.78, 5) is 11.4. The van der Waals surface area contributed by atoms with Crippen molar-refractivity contribution in [1.82, 2.24) is 10.4 Å². The van der Waals surface area contributed by atoms with Crippen molar-refractivity contribution in [2.24, 2.45) is 0 Å². The summed E-state index contributed by atoms with van der Waals surface area (Å²) in [7, 11) is -1.74. The average Bonchev–Trinajstić information content (AvgIpc) is 2.02. The molecule has 82 valence electrons. The van der Waals surface area contributed by atoms with E-state index in [0.29, 0.717) is 0 Å². The monoisotopic (exact) mass is 216 g/mol. The molecule has 0 bridgehead atoms. The standard InChI is InChI=1S/C9H20N2O2Si/c1-14(2,3)13-9(12)10-11-7-5-4-6-8-11/h4-8H2,1-3H3,(H,10,12). The van der Waals surface area contributed by atoms with Crippen LogP contribution < -0.4 is 5.43 Å². The van der Waals surface area contributed by atoms with E-state index in [1.54, 1.807) is 0 Å². The third kappa shape index (κ3) is 4.62. The number of nitrogens with one attached hydrogen (secondary N) is 1. The van der Waals surface area contributed by atoms with Crippen molar-refractivity contribution < 1.29 is 9.22 Å². The van der Waals surface area contributed by atoms with Crippen LogP contribution in [-0.4, -0.2) is 32.5 Å². The van der Waals surface area contributed by atoms with E-state index >= 15 is 0 Å². The average molecular weight is 216 g/mol. The molecule has 0 aromatic carbocycles. The van der Waals surface area contributed by atoms with Gasteiger partial charge in [0.15, 0.2) is 0 Å². The molecule has 0 saturated carbocycles. The van der Waals surface area contributed by atoms with Crippen LogP contribution >= 0.6 is 0 Å². The van der Waals surface area contributed by atoms with Gasteiger partial charge in [-0.15, -0.1) is 0 Å². The van der Waals surface area contributed by atoms with E-state index in [1.165, 1.54) is 6.42 Å². The van der Waals surface area contributed by atoms with Crippen LogP contribution in [0.2, 0.25) is 19.6 Å². The Balaban J connectivity index is 2.25. The summed E-state index contributed by atoms with van der Waals surface area (Å²) in [5.41, 5.74) is 2.78. The number of hydrazine groups is 1. The van der Waals surface area contributed by atoms with Crippen LogP contribution in [0.15, 0.2) is 0 Å². The van der Waals surface area contributed by atoms with E-state index in [0.717, 1.165) is 25.9 Å². The van der Waals surface area contributed by atoms with Gasteiger partial charge in [-0.05, 0) is 32.5 Å². The molecule has 1 saturated heterocycles. The van der Waals surface area contributed by atoms with Crippen molar-refractivity contribution in [3.8, 4) is 0 Å². The molecule has 1 fully saturated rings. The molecule has 1 amide bonds. The van der Waals surface area contributed by atoms with Gasteiger partial charge in [0, 0.05) is 13.1 Å². The molecule has 1 rings (SSSR count). The Morgan fingerprint density at radius 3 is 2.29 bits per heavy atom. The van der Waals surface area contributed by atoms with Crippen molar-refractivity contribution in [2.75, 3.05) is 13.1 Å². The van der Waals surface area contributed by atoms with E-state index in [9.17, 15) is 4.79 Å². The SMILES string of the molecule is C[Si](C)(C)OC(=O)NN1CCCCC1. The van der Waals surface area contributed by atoms with E-state index in [4.69, 9.17) is 4.43 Å². The molecule has 1 heterocycles. The van der Waals surface area contributed by atoms with Crippen LogP contribution in [0.1, 0.15) is 19.3 Å². The molecular formula is C9H20N2O2Si. The zero-order valence-electron chi connectivity index (χ0n) is 9.30. The van der Waals surface area contributed by atoms with Crippen LogP contribution in [-0.2, 0) is 4.43 Å². The second-order valence-electron chi connectivity index (χ2n) is 4.66. The Morgan fingerprint density at radius 1 is 1.21 bits per heavy atom. The molecule has 0 atom stereocenters. The number of hydrogen-bond acceptors (Lipinski definition) is 3. The topological polar surface area (TPSA) is 41.6 Å². The minimum atomic E-state index is -1.74. The van der Waals surface area contributed by atoms with Gasteiger partial charge < -0.3 is 4.43 Å². The van der Waals surface area contributed by atoms with Gasteiger partial charge in [0.05, 0.1) is 0 Å². The van der Waals surface area contributed by atoms with Gasteiger partial charge in [0.2, 0.25) is 8.32 Å². The molecule has 0 aromatic heterocycles. The number of rotatable bonds is 2. The third-order valence-corrected chi connectivity index (χ3v) is 2.80. The first-order valence-corrected chi connectivity index (χ1v) is 8.63. The number of nitrogens with zero attached hydrogens (tertiary/aromatic N) is 1. The largest absolute Gasteiger partial charge is 0.503 e. The number of carbonyl (C=O) groups excluding carboxylic acids is 1. The summed E-state index contributed by atoms with van der Waals surface area (Å²) in [6.07, 6.45) is 3.30. The number of hydrogen-bond donors (Lipinski definition) is 1. The van der Waals surface area contributed by atoms with Crippen molar-refractivity contribution in [1.29, 1.82) is 0 Å². The molecule has 1 N–H and O–H groups in total. The van der Waals surface area contributed by atoms with Gasteiger partial charge in [-0.25, -0.2) is 9.80 Å². The Labute approximate surface area is 86.7 Å². The quantitative estimate of drug-likeness (QED) is 0.717. The fourth-order valence-corrected chi connectivity index (χ4v) is 2.04. The Hall–Kier alpha value is -0.553. The van der Waals surface area contributed by atoms with Gasteiger partial charge in [0.25, 0.3) is 0 Å². The first-order chi connectivity index (χ1) is 6.47. The second-order valence-corrected chi connectivity index (χ2v) is 9.09. The lowest BCUT2D eigenvalue weighted by atomic mass is 10.2. The first-order valence-electron chi connectivity index (χ1n) is 5.22. The molecule has 14 heavy (non-hydrogen) atoms. The highest BCUT2D eigenvalue weighted by Crippen LogP contribution is 2.07. The zero-order chi connectivity index (χ0) is 10.6. The van der Waals surface area contributed by atoms with Crippen LogP contribution in [0.5, 0.6) is 0 Å². The highest BCUT2D eigenvalue weighted by Gasteiger charge is 2.21. The van der Waals surface area contributed by atoms with Gasteiger partial charge in [0.1, 0.15) is 0 Å². The van der Waals surface area contributed by atoms with Gasteiger partial charge >= 0.3 is 6.09 Å². The van der Waals surface area contributed by atoms with Crippen LogP contribution in [0, 0.1) is 0 Å². The first kappa shape index (κ1) is 11.5. The molecule has 1 aliphatic rings. The predicted octanol–water partition coefficient (Wildman–Crippen LogP) is 1.95. The molecule has 5 heteroatoms. The third-order valence-electron chi connectivity index (χ3n) is 2.00. The molecule has 0 unspecified atom stereocenters. The molecule has 0 spiro atoms. The predicted molar refractivity (Wildman–Crippen MR) is 58.4 cm³/mol.